The van der Waals surface area contributed by atoms with Gasteiger partial charge in [0.05, 0.1) is 0 Å². The monoisotopic (exact) mass is 346 g/mol. The van der Waals surface area contributed by atoms with Gasteiger partial charge in [-0.05, 0) is 42.0 Å². The average molecular weight is 346 g/mol. The zero-order valence-electron chi connectivity index (χ0n) is 13.3. The van der Waals surface area contributed by atoms with Gasteiger partial charge in [-0.1, -0.05) is 18.2 Å². The van der Waals surface area contributed by atoms with Crippen LogP contribution in [0.5, 0.6) is 5.75 Å². The Morgan fingerprint density at radius 2 is 1.68 bits per heavy atom. The number of carbonyl (C=O) groups excluding carboxylic acids is 2. The first-order chi connectivity index (χ1) is 11.9. The highest BCUT2D eigenvalue weighted by molar-refractivity contribution is 6.02. The molecular weight excluding hydrogens is 330 g/mol. The molecule has 0 bridgehead atoms. The van der Waals surface area contributed by atoms with Crippen molar-refractivity contribution in [1.29, 1.82) is 0 Å². The molecular formula is C18H16F2N2O3. The van der Waals surface area contributed by atoms with Crippen molar-refractivity contribution < 1.29 is 23.1 Å². The van der Waals surface area contributed by atoms with E-state index in [2.05, 4.69) is 15.4 Å². The van der Waals surface area contributed by atoms with Crippen molar-refractivity contribution in [2.45, 2.75) is 13.5 Å². The third-order valence-corrected chi connectivity index (χ3v) is 2.98. The van der Waals surface area contributed by atoms with Crippen molar-refractivity contribution in [3.8, 4) is 5.75 Å². The average Bonchev–Trinajstić information content (AvgIpc) is 2.53. The summed E-state index contributed by atoms with van der Waals surface area (Å²) in [4.78, 5) is 23.0. The number of ether oxygens (including phenoxy) is 1. The van der Waals surface area contributed by atoms with Crippen molar-refractivity contribution >= 4 is 29.3 Å². The van der Waals surface area contributed by atoms with Gasteiger partial charge in [0, 0.05) is 24.4 Å². The van der Waals surface area contributed by atoms with Gasteiger partial charge in [0.2, 0.25) is 11.8 Å². The molecule has 0 spiro atoms. The number of rotatable bonds is 6. The summed E-state index contributed by atoms with van der Waals surface area (Å²) in [7, 11) is 0. The standard InChI is InChI=1S/C18H16F2N2O3/c1-12(23)21-14-3-2-4-15(11-14)22-17(24)10-7-13-5-8-16(9-6-13)25-18(19)20/h2-11,18H,1H3,(H,21,23)(H,22,24)/b10-7+. The quantitative estimate of drug-likeness (QED) is 0.780. The first kappa shape index (κ1) is 18.1. The lowest BCUT2D eigenvalue weighted by atomic mass is 10.2. The zero-order valence-corrected chi connectivity index (χ0v) is 13.3. The Kier molecular flexibility index (Phi) is 6.22. The lowest BCUT2D eigenvalue weighted by Gasteiger charge is -2.06. The van der Waals surface area contributed by atoms with Crippen LogP contribution >= 0.6 is 0 Å². The second kappa shape index (κ2) is 8.58. The zero-order chi connectivity index (χ0) is 18.2. The van der Waals surface area contributed by atoms with Crippen molar-refractivity contribution in [1.82, 2.24) is 0 Å². The van der Waals surface area contributed by atoms with E-state index in [9.17, 15) is 18.4 Å². The number of anilines is 2. The van der Waals surface area contributed by atoms with Gasteiger partial charge in [-0.2, -0.15) is 8.78 Å². The Morgan fingerprint density at radius 1 is 1.04 bits per heavy atom. The molecule has 2 N–H and O–H groups in total. The van der Waals surface area contributed by atoms with Crippen LogP contribution in [0.2, 0.25) is 0 Å². The van der Waals surface area contributed by atoms with E-state index in [1.165, 1.54) is 25.1 Å². The maximum Gasteiger partial charge on any atom is 0.387 e. The molecule has 0 aliphatic carbocycles. The second-order valence-electron chi connectivity index (χ2n) is 5.03. The number of halogens is 2. The van der Waals surface area contributed by atoms with Crippen molar-refractivity contribution in [3.05, 3.63) is 60.2 Å². The van der Waals surface area contributed by atoms with Gasteiger partial charge in [0.15, 0.2) is 0 Å². The summed E-state index contributed by atoms with van der Waals surface area (Å²) in [5.74, 6) is -0.526. The topological polar surface area (TPSA) is 67.4 Å². The Bertz CT molecular complexity index is 774. The summed E-state index contributed by atoms with van der Waals surface area (Å²) in [5.41, 5.74) is 1.76. The van der Waals surface area contributed by atoms with Gasteiger partial charge in [0.1, 0.15) is 5.75 Å². The molecule has 0 saturated carbocycles. The Morgan fingerprint density at radius 3 is 2.28 bits per heavy atom. The molecule has 2 aromatic rings. The highest BCUT2D eigenvalue weighted by Crippen LogP contribution is 2.17. The summed E-state index contributed by atoms with van der Waals surface area (Å²) < 4.78 is 28.4. The van der Waals surface area contributed by atoms with E-state index in [1.54, 1.807) is 42.5 Å². The van der Waals surface area contributed by atoms with E-state index in [-0.39, 0.29) is 17.6 Å². The number of hydrogen-bond donors (Lipinski definition) is 2. The normalized spacial score (nSPS) is 10.7. The number of amides is 2. The van der Waals surface area contributed by atoms with E-state index < -0.39 is 6.61 Å². The maximum absolute atomic E-state index is 12.1. The van der Waals surface area contributed by atoms with E-state index in [1.807, 2.05) is 0 Å². The maximum atomic E-state index is 12.1. The molecule has 7 heteroatoms. The minimum Gasteiger partial charge on any atom is -0.435 e. The molecule has 0 aromatic heterocycles. The number of carbonyl (C=O) groups is 2. The van der Waals surface area contributed by atoms with Crippen LogP contribution in [-0.2, 0) is 9.59 Å². The van der Waals surface area contributed by atoms with Crippen LogP contribution in [0.15, 0.2) is 54.6 Å². The summed E-state index contributed by atoms with van der Waals surface area (Å²) in [5, 5.41) is 5.28. The van der Waals surface area contributed by atoms with Crippen LogP contribution in [0.4, 0.5) is 20.2 Å². The lowest BCUT2D eigenvalue weighted by Crippen LogP contribution is -2.09. The molecule has 0 radical (unpaired) electrons. The van der Waals surface area contributed by atoms with Gasteiger partial charge in [-0.15, -0.1) is 0 Å². The number of alkyl halides is 2. The first-order valence-corrected chi connectivity index (χ1v) is 7.34. The molecule has 0 unspecified atom stereocenters. The third kappa shape index (κ3) is 6.42. The molecule has 2 amide bonds. The fourth-order valence-corrected chi connectivity index (χ4v) is 1.99. The van der Waals surface area contributed by atoms with Crippen LogP contribution in [0.25, 0.3) is 6.08 Å². The minimum absolute atomic E-state index is 0.0476. The predicted molar refractivity (Wildman–Crippen MR) is 91.5 cm³/mol. The summed E-state index contributed by atoms with van der Waals surface area (Å²) >= 11 is 0. The van der Waals surface area contributed by atoms with Gasteiger partial charge < -0.3 is 15.4 Å². The highest BCUT2D eigenvalue weighted by Gasteiger charge is 2.03. The molecule has 0 heterocycles. The summed E-state index contributed by atoms with van der Waals surface area (Å²) in [6.45, 7) is -1.48. The number of benzene rings is 2. The molecule has 130 valence electrons. The SMILES string of the molecule is CC(=O)Nc1cccc(NC(=O)/C=C/c2ccc(OC(F)F)cc2)c1. The van der Waals surface area contributed by atoms with Crippen LogP contribution in [0.1, 0.15) is 12.5 Å². The predicted octanol–water partition coefficient (Wildman–Crippen LogP) is 3.90. The molecule has 0 saturated heterocycles. The van der Waals surface area contributed by atoms with Crippen molar-refractivity contribution in [2.75, 3.05) is 10.6 Å². The third-order valence-electron chi connectivity index (χ3n) is 2.98. The van der Waals surface area contributed by atoms with E-state index in [0.717, 1.165) is 0 Å². The molecule has 5 nitrogen and oxygen atoms in total. The van der Waals surface area contributed by atoms with Crippen LogP contribution in [-0.4, -0.2) is 18.4 Å². The Labute approximate surface area is 143 Å². The molecule has 0 aliphatic rings. The number of hydrogen-bond acceptors (Lipinski definition) is 3. The summed E-state index contributed by atoms with van der Waals surface area (Å²) in [6.07, 6.45) is 2.85. The smallest absolute Gasteiger partial charge is 0.387 e. The lowest BCUT2D eigenvalue weighted by molar-refractivity contribution is -0.114. The molecule has 25 heavy (non-hydrogen) atoms. The molecule has 2 rings (SSSR count). The fourth-order valence-electron chi connectivity index (χ4n) is 1.99. The second-order valence-corrected chi connectivity index (χ2v) is 5.03. The molecule has 2 aromatic carbocycles. The summed E-state index contributed by atoms with van der Waals surface area (Å²) in [6, 6.07) is 12.6. The first-order valence-electron chi connectivity index (χ1n) is 7.34. The van der Waals surface area contributed by atoms with Crippen LogP contribution in [0.3, 0.4) is 0 Å². The van der Waals surface area contributed by atoms with Crippen LogP contribution < -0.4 is 15.4 Å². The largest absolute Gasteiger partial charge is 0.435 e. The highest BCUT2D eigenvalue weighted by atomic mass is 19.3. The van der Waals surface area contributed by atoms with Gasteiger partial charge >= 0.3 is 6.61 Å². The van der Waals surface area contributed by atoms with Crippen molar-refractivity contribution in [2.24, 2.45) is 0 Å². The van der Waals surface area contributed by atoms with E-state index in [4.69, 9.17) is 0 Å². The molecule has 0 fully saturated rings. The molecule has 0 aliphatic heterocycles. The van der Waals surface area contributed by atoms with Gasteiger partial charge in [-0.25, -0.2) is 0 Å². The van der Waals surface area contributed by atoms with Gasteiger partial charge in [-0.3, -0.25) is 9.59 Å². The van der Waals surface area contributed by atoms with Crippen LogP contribution in [0, 0.1) is 0 Å². The van der Waals surface area contributed by atoms with Crippen molar-refractivity contribution in [3.63, 3.8) is 0 Å². The fraction of sp³-hybridized carbons (Fsp3) is 0.111. The van der Waals surface area contributed by atoms with E-state index in [0.29, 0.717) is 16.9 Å². The van der Waals surface area contributed by atoms with Gasteiger partial charge in [0.25, 0.3) is 0 Å². The van der Waals surface area contributed by atoms with E-state index >= 15 is 0 Å². The Hall–Kier alpha value is -3.22. The Balaban J connectivity index is 1.95. The molecule has 0 atom stereocenters. The number of nitrogens with one attached hydrogen (secondary N) is 2. The minimum atomic E-state index is -2.87.